The van der Waals surface area contributed by atoms with Crippen molar-refractivity contribution in [2.24, 2.45) is 0 Å². The van der Waals surface area contributed by atoms with Gasteiger partial charge in [-0.3, -0.25) is 0 Å². The lowest BCUT2D eigenvalue weighted by atomic mass is 10.4. The van der Waals surface area contributed by atoms with E-state index >= 15 is 0 Å². The lowest BCUT2D eigenvalue weighted by Crippen LogP contribution is -2.07. The number of rotatable bonds is 3. The van der Waals surface area contributed by atoms with Gasteiger partial charge in [-0.2, -0.15) is 5.26 Å². The van der Waals surface area contributed by atoms with Gasteiger partial charge in [-0.05, 0) is 12.1 Å². The number of carboxylic acids is 1. The molecule has 0 unspecified atom stereocenters. The molecule has 0 bridgehead atoms. The fourth-order valence-corrected chi connectivity index (χ4v) is 0.974. The van der Waals surface area contributed by atoms with E-state index < -0.39 is 5.97 Å². The maximum Gasteiger partial charge on any atom is 0.352 e. The molecule has 4 heteroatoms. The number of aromatic nitrogens is 1. The van der Waals surface area contributed by atoms with Gasteiger partial charge < -0.3 is 9.67 Å². The summed E-state index contributed by atoms with van der Waals surface area (Å²) in [5, 5.41) is 16.9. The first-order valence-electron chi connectivity index (χ1n) is 3.51. The van der Waals surface area contributed by atoms with Gasteiger partial charge in [0.05, 0.1) is 12.5 Å². The third-order valence-corrected chi connectivity index (χ3v) is 1.51. The largest absolute Gasteiger partial charge is 0.477 e. The van der Waals surface area contributed by atoms with E-state index in [0.29, 0.717) is 13.0 Å². The first-order valence-corrected chi connectivity index (χ1v) is 3.51. The third-order valence-electron chi connectivity index (χ3n) is 1.51. The Bertz CT molecular complexity index is 322. The Morgan fingerprint density at radius 2 is 2.50 bits per heavy atom. The van der Waals surface area contributed by atoms with E-state index in [4.69, 9.17) is 10.4 Å². The van der Waals surface area contributed by atoms with Gasteiger partial charge in [0.1, 0.15) is 5.69 Å². The maximum absolute atomic E-state index is 10.5. The molecule has 0 amide bonds. The molecule has 0 aliphatic rings. The fourth-order valence-electron chi connectivity index (χ4n) is 0.974. The van der Waals surface area contributed by atoms with Crippen LogP contribution in [0.2, 0.25) is 0 Å². The average molecular weight is 164 g/mol. The van der Waals surface area contributed by atoms with Crippen LogP contribution >= 0.6 is 0 Å². The van der Waals surface area contributed by atoms with Crippen LogP contribution in [0.3, 0.4) is 0 Å². The highest BCUT2D eigenvalue weighted by molar-refractivity contribution is 5.85. The standard InChI is InChI=1S/C8H8N2O2/c9-4-2-6-10-5-1-3-7(10)8(11)12/h1,3,5H,2,6H2,(H,11,12). The number of nitrogens with zero attached hydrogens (tertiary/aromatic N) is 2. The molecule has 1 rings (SSSR count). The van der Waals surface area contributed by atoms with Crippen LogP contribution in [-0.2, 0) is 6.54 Å². The van der Waals surface area contributed by atoms with E-state index in [1.165, 1.54) is 6.07 Å². The molecule has 0 saturated heterocycles. The van der Waals surface area contributed by atoms with Crippen molar-refractivity contribution in [1.82, 2.24) is 4.57 Å². The van der Waals surface area contributed by atoms with E-state index in [0.717, 1.165) is 0 Å². The number of aryl methyl sites for hydroxylation is 1. The van der Waals surface area contributed by atoms with Gasteiger partial charge in [-0.1, -0.05) is 0 Å². The summed E-state index contributed by atoms with van der Waals surface area (Å²) >= 11 is 0. The molecule has 0 saturated carbocycles. The van der Waals surface area contributed by atoms with E-state index in [1.807, 2.05) is 6.07 Å². The SMILES string of the molecule is N#CCCn1cccc1C(=O)O. The van der Waals surface area contributed by atoms with Crippen LogP contribution in [0.4, 0.5) is 0 Å². The molecule has 0 fully saturated rings. The summed E-state index contributed by atoms with van der Waals surface area (Å²) in [5.74, 6) is -0.960. The van der Waals surface area contributed by atoms with Crippen molar-refractivity contribution in [2.45, 2.75) is 13.0 Å². The number of carboxylic acid groups (broad SMARTS) is 1. The first kappa shape index (κ1) is 8.34. The molecule has 0 atom stereocenters. The Labute approximate surface area is 69.7 Å². The summed E-state index contributed by atoms with van der Waals surface area (Å²) in [6, 6.07) is 5.13. The zero-order valence-electron chi connectivity index (χ0n) is 6.40. The summed E-state index contributed by atoms with van der Waals surface area (Å²) in [6.07, 6.45) is 1.98. The Balaban J connectivity index is 2.79. The topological polar surface area (TPSA) is 66.0 Å². The van der Waals surface area contributed by atoms with Crippen LogP contribution in [0.15, 0.2) is 18.3 Å². The summed E-state index contributed by atoms with van der Waals surface area (Å²) in [4.78, 5) is 10.5. The highest BCUT2D eigenvalue weighted by Crippen LogP contribution is 2.02. The van der Waals surface area contributed by atoms with Gasteiger partial charge in [0.2, 0.25) is 0 Å². The summed E-state index contributed by atoms with van der Waals surface area (Å²) in [6.45, 7) is 0.436. The van der Waals surface area contributed by atoms with Gasteiger partial charge in [-0.25, -0.2) is 4.79 Å². The van der Waals surface area contributed by atoms with Gasteiger partial charge in [0.25, 0.3) is 0 Å². The van der Waals surface area contributed by atoms with E-state index in [2.05, 4.69) is 0 Å². The maximum atomic E-state index is 10.5. The van der Waals surface area contributed by atoms with Gasteiger partial charge in [0.15, 0.2) is 0 Å². The zero-order chi connectivity index (χ0) is 8.97. The minimum atomic E-state index is -0.960. The van der Waals surface area contributed by atoms with E-state index in [9.17, 15) is 4.79 Å². The van der Waals surface area contributed by atoms with Gasteiger partial charge >= 0.3 is 5.97 Å². The summed E-state index contributed by atoms with van der Waals surface area (Å²) in [7, 11) is 0. The second-order valence-electron chi connectivity index (χ2n) is 2.30. The molecular formula is C8H8N2O2. The molecular weight excluding hydrogens is 156 g/mol. The highest BCUT2D eigenvalue weighted by Gasteiger charge is 2.06. The van der Waals surface area contributed by atoms with Crippen molar-refractivity contribution >= 4 is 5.97 Å². The quantitative estimate of drug-likeness (QED) is 0.727. The van der Waals surface area contributed by atoms with Gasteiger partial charge in [0, 0.05) is 12.7 Å². The number of aromatic carboxylic acids is 1. The minimum absolute atomic E-state index is 0.227. The fraction of sp³-hybridized carbons (Fsp3) is 0.250. The Hall–Kier alpha value is -1.76. The second-order valence-corrected chi connectivity index (χ2v) is 2.30. The minimum Gasteiger partial charge on any atom is -0.477 e. The van der Waals surface area contributed by atoms with Crippen molar-refractivity contribution in [3.63, 3.8) is 0 Å². The normalized spacial score (nSPS) is 9.25. The van der Waals surface area contributed by atoms with Gasteiger partial charge in [-0.15, -0.1) is 0 Å². The Morgan fingerprint density at radius 3 is 3.08 bits per heavy atom. The first-order chi connectivity index (χ1) is 5.75. The number of carbonyl (C=O) groups is 1. The number of hydrogen-bond acceptors (Lipinski definition) is 2. The Kier molecular flexibility index (Phi) is 2.49. The van der Waals surface area contributed by atoms with Crippen LogP contribution in [0.5, 0.6) is 0 Å². The molecule has 0 spiro atoms. The van der Waals surface area contributed by atoms with Crippen molar-refractivity contribution < 1.29 is 9.90 Å². The second kappa shape index (κ2) is 3.58. The van der Waals surface area contributed by atoms with E-state index in [-0.39, 0.29) is 5.69 Å². The smallest absolute Gasteiger partial charge is 0.352 e. The molecule has 1 aromatic rings. The molecule has 0 aromatic carbocycles. The molecule has 1 N–H and O–H groups in total. The van der Waals surface area contributed by atoms with Crippen LogP contribution < -0.4 is 0 Å². The van der Waals surface area contributed by atoms with Crippen LogP contribution in [0, 0.1) is 11.3 Å². The average Bonchev–Trinajstić information content (AvgIpc) is 2.48. The van der Waals surface area contributed by atoms with Crippen molar-refractivity contribution in [3.05, 3.63) is 24.0 Å². The molecule has 4 nitrogen and oxygen atoms in total. The van der Waals surface area contributed by atoms with Crippen molar-refractivity contribution in [1.29, 1.82) is 5.26 Å². The molecule has 12 heavy (non-hydrogen) atoms. The number of hydrogen-bond donors (Lipinski definition) is 1. The molecule has 0 aliphatic heterocycles. The molecule has 0 radical (unpaired) electrons. The van der Waals surface area contributed by atoms with Crippen LogP contribution in [-0.4, -0.2) is 15.6 Å². The molecule has 1 aromatic heterocycles. The lowest BCUT2D eigenvalue weighted by molar-refractivity contribution is 0.0685. The highest BCUT2D eigenvalue weighted by atomic mass is 16.4. The van der Waals surface area contributed by atoms with Crippen molar-refractivity contribution in [3.8, 4) is 6.07 Å². The molecule has 0 aliphatic carbocycles. The predicted octanol–water partition coefficient (Wildman–Crippen LogP) is 1.10. The monoisotopic (exact) mass is 164 g/mol. The van der Waals surface area contributed by atoms with E-state index in [1.54, 1.807) is 16.8 Å². The van der Waals surface area contributed by atoms with Crippen LogP contribution in [0.1, 0.15) is 16.9 Å². The predicted molar refractivity (Wildman–Crippen MR) is 41.6 cm³/mol. The van der Waals surface area contributed by atoms with Crippen molar-refractivity contribution in [2.75, 3.05) is 0 Å². The van der Waals surface area contributed by atoms with Crippen LogP contribution in [0.25, 0.3) is 0 Å². The number of nitriles is 1. The zero-order valence-corrected chi connectivity index (χ0v) is 6.40. The lowest BCUT2D eigenvalue weighted by Gasteiger charge is -2.01. The summed E-state index contributed by atoms with van der Waals surface area (Å²) in [5.41, 5.74) is 0.227. The molecule has 62 valence electrons. The summed E-state index contributed by atoms with van der Waals surface area (Å²) < 4.78 is 1.55. The molecule has 1 heterocycles. The third kappa shape index (κ3) is 1.64. The Morgan fingerprint density at radius 1 is 1.75 bits per heavy atom.